The highest BCUT2D eigenvalue weighted by molar-refractivity contribution is 7.20. The lowest BCUT2D eigenvalue weighted by Crippen LogP contribution is -2.55. The molecule has 1 aromatic carbocycles. The maximum Gasteiger partial charge on any atom is 0.322 e. The fourth-order valence-corrected chi connectivity index (χ4v) is 5.47. The van der Waals surface area contributed by atoms with Crippen molar-refractivity contribution in [2.45, 2.75) is 31.8 Å². The van der Waals surface area contributed by atoms with Gasteiger partial charge in [0.15, 0.2) is 0 Å². The number of carbonyl (C=O) groups excluding carboxylic acids is 3. The molecule has 1 spiro atoms. The van der Waals surface area contributed by atoms with Gasteiger partial charge >= 0.3 is 6.03 Å². The Hall–Kier alpha value is -2.91. The van der Waals surface area contributed by atoms with Crippen molar-refractivity contribution in [2.75, 3.05) is 13.1 Å². The standard InChI is InChI=1S/C21H20ClN5O3S/c1-12-15-10-16(31-18(15)27(25-12)11-13-2-4-14(22)5-3-13)17(28)26-8-6-21(7-9-26)19(29)23-20(30)24-21/h2-5,10H,6-9,11H2,1H3,(H2,23,24,29,30). The molecular formula is C21H20ClN5O3S. The van der Waals surface area contributed by atoms with Crippen LogP contribution in [-0.4, -0.2) is 51.2 Å². The van der Waals surface area contributed by atoms with E-state index in [1.54, 1.807) is 4.90 Å². The third-order valence-corrected chi connectivity index (χ3v) is 7.37. The number of aryl methyl sites for hydroxylation is 1. The van der Waals surface area contributed by atoms with Crippen LogP contribution in [0, 0.1) is 6.92 Å². The number of hydrogen-bond donors (Lipinski definition) is 2. The molecule has 4 heterocycles. The van der Waals surface area contributed by atoms with Gasteiger partial charge < -0.3 is 10.2 Å². The van der Waals surface area contributed by atoms with Crippen LogP contribution in [0.25, 0.3) is 10.2 Å². The third kappa shape index (κ3) is 3.47. The molecule has 0 radical (unpaired) electrons. The summed E-state index contributed by atoms with van der Waals surface area (Å²) in [5, 5.41) is 11.3. The summed E-state index contributed by atoms with van der Waals surface area (Å²) in [5.74, 6) is -0.359. The van der Waals surface area contributed by atoms with Crippen LogP contribution in [0.5, 0.6) is 0 Å². The van der Waals surface area contributed by atoms with Gasteiger partial charge in [-0.25, -0.2) is 4.79 Å². The van der Waals surface area contributed by atoms with Crippen LogP contribution in [-0.2, 0) is 11.3 Å². The highest BCUT2D eigenvalue weighted by Crippen LogP contribution is 2.32. The molecule has 0 atom stereocenters. The number of benzene rings is 1. The van der Waals surface area contributed by atoms with E-state index in [-0.39, 0.29) is 11.8 Å². The number of thiophene rings is 1. The number of aromatic nitrogens is 2. The van der Waals surface area contributed by atoms with E-state index in [9.17, 15) is 14.4 Å². The van der Waals surface area contributed by atoms with Crippen molar-refractivity contribution in [3.05, 3.63) is 51.5 Å². The van der Waals surface area contributed by atoms with Gasteiger partial charge in [0.2, 0.25) is 0 Å². The molecule has 3 aromatic rings. The maximum atomic E-state index is 13.1. The number of rotatable bonds is 3. The van der Waals surface area contributed by atoms with E-state index in [2.05, 4.69) is 15.7 Å². The minimum Gasteiger partial charge on any atom is -0.338 e. The molecule has 2 fully saturated rings. The Bertz CT molecular complexity index is 1210. The lowest BCUT2D eigenvalue weighted by Gasteiger charge is -2.36. The van der Waals surface area contributed by atoms with E-state index in [4.69, 9.17) is 11.6 Å². The van der Waals surface area contributed by atoms with Crippen molar-refractivity contribution in [3.8, 4) is 0 Å². The third-order valence-electron chi connectivity index (χ3n) is 5.98. The van der Waals surface area contributed by atoms with E-state index in [0.29, 0.717) is 42.4 Å². The van der Waals surface area contributed by atoms with Gasteiger partial charge in [0.25, 0.3) is 11.8 Å². The van der Waals surface area contributed by atoms with Crippen LogP contribution >= 0.6 is 22.9 Å². The number of urea groups is 1. The van der Waals surface area contributed by atoms with Crippen molar-refractivity contribution in [1.29, 1.82) is 0 Å². The van der Waals surface area contributed by atoms with E-state index in [1.165, 1.54) is 11.3 Å². The molecule has 2 aliphatic rings. The van der Waals surface area contributed by atoms with Gasteiger partial charge in [-0.05, 0) is 43.5 Å². The van der Waals surface area contributed by atoms with Crippen molar-refractivity contribution in [2.24, 2.45) is 0 Å². The number of piperidine rings is 1. The number of nitrogens with one attached hydrogen (secondary N) is 2. The van der Waals surface area contributed by atoms with Crippen LogP contribution in [0.3, 0.4) is 0 Å². The fourth-order valence-electron chi connectivity index (χ4n) is 4.22. The van der Waals surface area contributed by atoms with E-state index in [1.807, 2.05) is 41.9 Å². The Morgan fingerprint density at radius 3 is 2.58 bits per heavy atom. The molecule has 2 aromatic heterocycles. The molecule has 10 heteroatoms. The molecule has 31 heavy (non-hydrogen) atoms. The smallest absolute Gasteiger partial charge is 0.322 e. The molecular weight excluding hydrogens is 438 g/mol. The van der Waals surface area contributed by atoms with Gasteiger partial charge in [0.1, 0.15) is 10.4 Å². The van der Waals surface area contributed by atoms with Crippen molar-refractivity contribution in [3.63, 3.8) is 0 Å². The first-order valence-corrected chi connectivity index (χ1v) is 11.2. The zero-order chi connectivity index (χ0) is 21.8. The van der Waals surface area contributed by atoms with Gasteiger partial charge in [-0.3, -0.25) is 19.6 Å². The average Bonchev–Trinajstić information content (AvgIpc) is 3.38. The minimum absolute atomic E-state index is 0.0572. The molecule has 2 N–H and O–H groups in total. The Morgan fingerprint density at radius 2 is 1.94 bits per heavy atom. The topological polar surface area (TPSA) is 96.3 Å². The SMILES string of the molecule is Cc1nn(Cc2ccc(Cl)cc2)c2sc(C(=O)N3CCC4(CC3)NC(=O)NC4=O)cc12. The predicted molar refractivity (Wildman–Crippen MR) is 117 cm³/mol. The van der Waals surface area contributed by atoms with E-state index in [0.717, 1.165) is 21.5 Å². The normalized spacial score (nSPS) is 17.9. The summed E-state index contributed by atoms with van der Waals surface area (Å²) in [6, 6.07) is 9.07. The Labute approximate surface area is 187 Å². The fraction of sp³-hybridized carbons (Fsp3) is 0.333. The number of fused-ring (bicyclic) bond motifs is 1. The number of nitrogens with zero attached hydrogens (tertiary/aromatic N) is 3. The zero-order valence-corrected chi connectivity index (χ0v) is 18.3. The molecule has 0 bridgehead atoms. The monoisotopic (exact) mass is 457 g/mol. The number of halogens is 1. The van der Waals surface area contributed by atoms with E-state index >= 15 is 0 Å². The molecule has 2 aliphatic heterocycles. The van der Waals surface area contributed by atoms with Gasteiger partial charge in [-0.2, -0.15) is 5.10 Å². The Balaban J connectivity index is 1.35. The summed E-state index contributed by atoms with van der Waals surface area (Å²) in [7, 11) is 0. The zero-order valence-electron chi connectivity index (χ0n) is 16.8. The van der Waals surface area contributed by atoms with E-state index < -0.39 is 11.6 Å². The molecule has 0 saturated carbocycles. The summed E-state index contributed by atoms with van der Waals surface area (Å²) < 4.78 is 1.92. The first kappa shape index (κ1) is 20.0. The molecule has 160 valence electrons. The van der Waals surface area contributed by atoms with Crippen LogP contribution < -0.4 is 10.6 Å². The predicted octanol–water partition coefficient (Wildman–Crippen LogP) is 2.92. The van der Waals surface area contributed by atoms with Crippen LogP contribution in [0.4, 0.5) is 4.79 Å². The van der Waals surface area contributed by atoms with Crippen molar-refractivity contribution < 1.29 is 14.4 Å². The average molecular weight is 458 g/mol. The summed E-state index contributed by atoms with van der Waals surface area (Å²) in [4.78, 5) is 40.1. The number of hydrogen-bond acceptors (Lipinski definition) is 5. The van der Waals surface area contributed by atoms with Gasteiger partial charge in [0, 0.05) is 23.5 Å². The van der Waals surface area contributed by atoms with Crippen LogP contribution in [0.15, 0.2) is 30.3 Å². The van der Waals surface area contributed by atoms with Gasteiger partial charge in [0.05, 0.1) is 17.1 Å². The molecule has 8 nitrogen and oxygen atoms in total. The number of carbonyl (C=O) groups is 3. The summed E-state index contributed by atoms with van der Waals surface area (Å²) in [5.41, 5.74) is 1.07. The largest absolute Gasteiger partial charge is 0.338 e. The molecule has 4 amide bonds. The van der Waals surface area contributed by atoms with Crippen molar-refractivity contribution in [1.82, 2.24) is 25.3 Å². The summed E-state index contributed by atoms with van der Waals surface area (Å²) in [6.07, 6.45) is 0.815. The second kappa shape index (κ2) is 7.35. The molecule has 5 rings (SSSR count). The quantitative estimate of drug-likeness (QED) is 0.591. The summed E-state index contributed by atoms with van der Waals surface area (Å²) in [6.45, 7) is 3.36. The molecule has 2 saturated heterocycles. The Kier molecular flexibility index (Phi) is 4.75. The number of amides is 4. The highest BCUT2D eigenvalue weighted by atomic mass is 35.5. The number of imide groups is 1. The summed E-state index contributed by atoms with van der Waals surface area (Å²) >= 11 is 7.40. The maximum absolute atomic E-state index is 13.1. The van der Waals surface area contributed by atoms with Crippen LogP contribution in [0.2, 0.25) is 5.02 Å². The first-order chi connectivity index (χ1) is 14.8. The molecule has 0 unspecified atom stereocenters. The second-order valence-electron chi connectivity index (χ2n) is 7.98. The lowest BCUT2D eigenvalue weighted by molar-refractivity contribution is -0.125. The Morgan fingerprint density at radius 1 is 1.23 bits per heavy atom. The van der Waals surface area contributed by atoms with Crippen molar-refractivity contribution >= 4 is 51.0 Å². The number of likely N-dealkylation sites (tertiary alicyclic amines) is 1. The minimum atomic E-state index is -0.885. The van der Waals surface area contributed by atoms with Gasteiger partial charge in [-0.1, -0.05) is 23.7 Å². The van der Waals surface area contributed by atoms with Gasteiger partial charge in [-0.15, -0.1) is 11.3 Å². The molecule has 0 aliphatic carbocycles. The second-order valence-corrected chi connectivity index (χ2v) is 9.45. The first-order valence-electron chi connectivity index (χ1n) is 9.99. The van der Waals surface area contributed by atoms with Crippen LogP contribution in [0.1, 0.15) is 33.8 Å². The lowest BCUT2D eigenvalue weighted by atomic mass is 9.87. The highest BCUT2D eigenvalue weighted by Gasteiger charge is 2.48.